The number of nitrogens with two attached hydrogens (primary N) is 2. The van der Waals surface area contributed by atoms with Gasteiger partial charge < -0.3 is 10.5 Å². The molecule has 9 heteroatoms. The van der Waals surface area contributed by atoms with Gasteiger partial charge in [-0.1, -0.05) is 15.9 Å². The van der Waals surface area contributed by atoms with Crippen molar-refractivity contribution in [1.29, 1.82) is 0 Å². The molecule has 2 aromatic carbocycles. The molecule has 0 aliphatic heterocycles. The lowest BCUT2D eigenvalue weighted by atomic mass is 10.1. The standard InChI is InChI=1S/C17H15BrF3N3O2/c1-10(25)14-7-4-12(18)8-15(14)24(23)16(9-22)11-2-5-13(6-3-11)26-17(19,20)21/h2-9H,22-23H2,1H3/b16-9-. The Labute approximate surface area is 156 Å². The van der Waals surface area contributed by atoms with E-state index in [1.54, 1.807) is 18.2 Å². The molecule has 4 N–H and O–H groups in total. The maximum atomic E-state index is 12.3. The molecule has 0 spiro atoms. The molecule has 0 aromatic heterocycles. The molecule has 0 bridgehead atoms. The smallest absolute Gasteiger partial charge is 0.406 e. The van der Waals surface area contributed by atoms with Gasteiger partial charge in [0.05, 0.1) is 11.4 Å². The van der Waals surface area contributed by atoms with Crippen molar-refractivity contribution in [3.8, 4) is 5.75 Å². The third-order valence-corrected chi connectivity index (χ3v) is 3.89. The van der Waals surface area contributed by atoms with Crippen LogP contribution in [0.3, 0.4) is 0 Å². The number of alkyl halides is 3. The van der Waals surface area contributed by atoms with E-state index in [0.717, 1.165) is 12.1 Å². The highest BCUT2D eigenvalue weighted by Crippen LogP contribution is 2.30. The molecule has 0 fully saturated rings. The van der Waals surface area contributed by atoms with Crippen LogP contribution in [0, 0.1) is 0 Å². The van der Waals surface area contributed by atoms with Crippen LogP contribution in [0.15, 0.2) is 53.1 Å². The number of carbonyl (C=O) groups is 1. The summed E-state index contributed by atoms with van der Waals surface area (Å²) in [6.45, 7) is 1.40. The fourth-order valence-corrected chi connectivity index (χ4v) is 2.62. The van der Waals surface area contributed by atoms with Gasteiger partial charge in [-0.15, -0.1) is 13.2 Å². The highest BCUT2D eigenvalue weighted by Gasteiger charge is 2.31. The minimum Gasteiger partial charge on any atom is -0.406 e. The SMILES string of the molecule is CC(=O)c1ccc(Br)cc1N(N)/C(=C\N)c1ccc(OC(F)(F)F)cc1. The van der Waals surface area contributed by atoms with Gasteiger partial charge in [-0.05, 0) is 49.4 Å². The summed E-state index contributed by atoms with van der Waals surface area (Å²) in [4.78, 5) is 11.8. The first-order chi connectivity index (χ1) is 12.1. The Bertz CT molecular complexity index is 836. The van der Waals surface area contributed by atoms with Crippen molar-refractivity contribution >= 4 is 33.1 Å². The van der Waals surface area contributed by atoms with Crippen molar-refractivity contribution in [1.82, 2.24) is 0 Å². The largest absolute Gasteiger partial charge is 0.573 e. The predicted molar refractivity (Wildman–Crippen MR) is 96.1 cm³/mol. The number of nitrogens with zero attached hydrogens (tertiary/aromatic N) is 1. The van der Waals surface area contributed by atoms with Gasteiger partial charge in [0.25, 0.3) is 0 Å². The zero-order valence-corrected chi connectivity index (χ0v) is 15.1. The number of carbonyl (C=O) groups excluding carboxylic acids is 1. The Balaban J connectivity index is 2.37. The van der Waals surface area contributed by atoms with Crippen LogP contribution in [0.25, 0.3) is 5.70 Å². The number of hydrazine groups is 1. The number of halogens is 4. The van der Waals surface area contributed by atoms with E-state index in [2.05, 4.69) is 20.7 Å². The maximum Gasteiger partial charge on any atom is 0.573 e. The lowest BCUT2D eigenvalue weighted by molar-refractivity contribution is -0.274. The third kappa shape index (κ3) is 4.77. The molecule has 0 aliphatic rings. The van der Waals surface area contributed by atoms with Crippen LogP contribution in [0.4, 0.5) is 18.9 Å². The van der Waals surface area contributed by atoms with E-state index in [0.29, 0.717) is 27.0 Å². The normalized spacial score (nSPS) is 12.0. The van der Waals surface area contributed by atoms with Crippen molar-refractivity contribution in [3.63, 3.8) is 0 Å². The Morgan fingerprint density at radius 3 is 2.31 bits per heavy atom. The second kappa shape index (κ2) is 7.79. The van der Waals surface area contributed by atoms with Crippen molar-refractivity contribution in [2.24, 2.45) is 11.6 Å². The summed E-state index contributed by atoms with van der Waals surface area (Å²) in [7, 11) is 0. The van der Waals surface area contributed by atoms with Gasteiger partial charge in [0.15, 0.2) is 5.78 Å². The van der Waals surface area contributed by atoms with Crippen LogP contribution in [0.1, 0.15) is 22.8 Å². The topological polar surface area (TPSA) is 81.6 Å². The number of anilines is 1. The molecule has 0 radical (unpaired) electrons. The first-order valence-corrected chi connectivity index (χ1v) is 8.05. The minimum atomic E-state index is -4.78. The monoisotopic (exact) mass is 429 g/mol. The summed E-state index contributed by atoms with van der Waals surface area (Å²) in [6.07, 6.45) is -3.58. The van der Waals surface area contributed by atoms with Crippen LogP contribution in [-0.2, 0) is 0 Å². The van der Waals surface area contributed by atoms with Crippen LogP contribution in [0.2, 0.25) is 0 Å². The van der Waals surface area contributed by atoms with Gasteiger partial charge in [-0.25, -0.2) is 5.84 Å². The van der Waals surface area contributed by atoms with Gasteiger partial charge >= 0.3 is 6.36 Å². The summed E-state index contributed by atoms with van der Waals surface area (Å²) >= 11 is 3.31. The number of ketones is 1. The average molecular weight is 430 g/mol. The van der Waals surface area contributed by atoms with Gasteiger partial charge in [0.1, 0.15) is 5.75 Å². The van der Waals surface area contributed by atoms with Crippen LogP contribution in [0.5, 0.6) is 5.75 Å². The van der Waals surface area contributed by atoms with E-state index in [4.69, 9.17) is 11.6 Å². The summed E-state index contributed by atoms with van der Waals surface area (Å²) in [5.41, 5.74) is 7.15. The van der Waals surface area contributed by atoms with Crippen molar-refractivity contribution in [2.45, 2.75) is 13.3 Å². The summed E-state index contributed by atoms with van der Waals surface area (Å²) in [5.74, 6) is 5.56. The summed E-state index contributed by atoms with van der Waals surface area (Å²) < 4.78 is 41.3. The summed E-state index contributed by atoms with van der Waals surface area (Å²) in [5, 5.41) is 1.20. The Hall–Kier alpha value is -2.52. The van der Waals surface area contributed by atoms with E-state index in [-0.39, 0.29) is 11.5 Å². The highest BCUT2D eigenvalue weighted by molar-refractivity contribution is 9.10. The van der Waals surface area contributed by atoms with Gasteiger partial charge in [-0.2, -0.15) is 0 Å². The molecule has 0 unspecified atom stereocenters. The zero-order valence-electron chi connectivity index (χ0n) is 13.5. The molecule has 0 heterocycles. The second-order valence-electron chi connectivity index (χ2n) is 5.21. The summed E-state index contributed by atoms with van der Waals surface area (Å²) in [6, 6.07) is 10.00. The van der Waals surface area contributed by atoms with Crippen LogP contribution < -0.4 is 21.3 Å². The van der Waals surface area contributed by atoms with Gasteiger partial charge in [0.2, 0.25) is 0 Å². The number of Topliss-reactive ketones (excluding diaryl/α,β-unsaturated/α-hetero) is 1. The molecule has 0 saturated carbocycles. The van der Waals surface area contributed by atoms with E-state index < -0.39 is 6.36 Å². The van der Waals surface area contributed by atoms with E-state index >= 15 is 0 Å². The molecule has 2 rings (SSSR count). The molecular weight excluding hydrogens is 415 g/mol. The van der Waals surface area contributed by atoms with Crippen molar-refractivity contribution in [2.75, 3.05) is 5.01 Å². The molecule has 0 aliphatic carbocycles. The first kappa shape index (κ1) is 19.8. The fraction of sp³-hybridized carbons (Fsp3) is 0.118. The number of hydrogen-bond acceptors (Lipinski definition) is 5. The van der Waals surface area contributed by atoms with Gasteiger partial charge in [0, 0.05) is 21.8 Å². The Morgan fingerprint density at radius 1 is 1.19 bits per heavy atom. The number of ether oxygens (including phenoxy) is 1. The fourth-order valence-electron chi connectivity index (χ4n) is 2.27. The van der Waals surface area contributed by atoms with Crippen LogP contribution >= 0.6 is 15.9 Å². The highest BCUT2D eigenvalue weighted by atomic mass is 79.9. The molecule has 0 saturated heterocycles. The second-order valence-corrected chi connectivity index (χ2v) is 6.13. The van der Waals surface area contributed by atoms with Crippen molar-refractivity contribution < 1.29 is 22.7 Å². The van der Waals surface area contributed by atoms with Gasteiger partial charge in [-0.3, -0.25) is 9.80 Å². The first-order valence-electron chi connectivity index (χ1n) is 7.26. The number of hydrogen-bond donors (Lipinski definition) is 2. The lowest BCUT2D eigenvalue weighted by Gasteiger charge is -2.24. The molecule has 26 heavy (non-hydrogen) atoms. The molecule has 0 atom stereocenters. The quantitative estimate of drug-likeness (QED) is 0.423. The number of benzene rings is 2. The number of rotatable bonds is 5. The predicted octanol–water partition coefficient (Wildman–Crippen LogP) is 4.19. The Morgan fingerprint density at radius 2 is 1.81 bits per heavy atom. The molecule has 5 nitrogen and oxygen atoms in total. The minimum absolute atomic E-state index is 0.201. The zero-order chi connectivity index (χ0) is 19.5. The molecule has 2 aromatic rings. The van der Waals surface area contributed by atoms with Crippen molar-refractivity contribution in [3.05, 3.63) is 64.3 Å². The molecule has 138 valence electrons. The lowest BCUT2D eigenvalue weighted by Crippen LogP contribution is -2.31. The molecule has 0 amide bonds. The van der Waals surface area contributed by atoms with E-state index in [1.165, 1.54) is 30.3 Å². The van der Waals surface area contributed by atoms with Crippen LogP contribution in [-0.4, -0.2) is 12.1 Å². The Kier molecular flexibility index (Phi) is 5.94. The third-order valence-electron chi connectivity index (χ3n) is 3.40. The maximum absolute atomic E-state index is 12.3. The average Bonchev–Trinajstić information content (AvgIpc) is 2.55. The van der Waals surface area contributed by atoms with E-state index in [1.807, 2.05) is 0 Å². The van der Waals surface area contributed by atoms with E-state index in [9.17, 15) is 18.0 Å². The molecular formula is C17H15BrF3N3O2.